The fourth-order valence-corrected chi connectivity index (χ4v) is 0.822. The monoisotopic (exact) mass is 169 g/mol. The van der Waals surface area contributed by atoms with Crippen molar-refractivity contribution in [3.8, 4) is 0 Å². The molecule has 0 unspecified atom stereocenters. The van der Waals surface area contributed by atoms with Crippen LogP contribution in [0.2, 0.25) is 0 Å². The van der Waals surface area contributed by atoms with E-state index in [2.05, 4.69) is 10.4 Å². The molecule has 0 aromatic carbocycles. The van der Waals surface area contributed by atoms with Crippen LogP contribution < -0.4 is 22.7 Å². The number of nitrogen functional groups attached to an aromatic ring is 2. The third-order valence-electron chi connectivity index (χ3n) is 1.50. The van der Waals surface area contributed by atoms with Crippen molar-refractivity contribution in [1.82, 2.24) is 9.66 Å². The highest BCUT2D eigenvalue weighted by molar-refractivity contribution is 5.25. The van der Waals surface area contributed by atoms with E-state index in [4.69, 9.17) is 11.7 Å². The van der Waals surface area contributed by atoms with Crippen molar-refractivity contribution in [1.29, 1.82) is 0 Å². The summed E-state index contributed by atoms with van der Waals surface area (Å²) in [6, 6.07) is 1.38. The molecule has 1 aromatic rings. The molecular weight excluding hydrogens is 158 g/mol. The predicted octanol–water partition coefficient (Wildman–Crippen LogP) is -1.19. The van der Waals surface area contributed by atoms with Gasteiger partial charge in [0.25, 0.3) is 5.56 Å². The number of nitrogens with one attached hydrogen (secondary N) is 1. The molecule has 0 saturated heterocycles. The highest BCUT2D eigenvalue weighted by atomic mass is 16.1. The summed E-state index contributed by atoms with van der Waals surface area (Å²) >= 11 is 0. The van der Waals surface area contributed by atoms with Gasteiger partial charge in [-0.15, -0.1) is 0 Å². The third-order valence-corrected chi connectivity index (χ3v) is 1.50. The quantitative estimate of drug-likeness (QED) is 0.381. The zero-order chi connectivity index (χ0) is 9.14. The first-order valence-electron chi connectivity index (χ1n) is 3.53. The van der Waals surface area contributed by atoms with Gasteiger partial charge in [0.05, 0.1) is 0 Å². The Kier molecular flexibility index (Phi) is 2.29. The molecule has 0 aliphatic heterocycles. The van der Waals surface area contributed by atoms with Crippen molar-refractivity contribution < 1.29 is 0 Å². The summed E-state index contributed by atoms with van der Waals surface area (Å²) < 4.78 is 0.860. The molecule has 0 spiro atoms. The minimum absolute atomic E-state index is 0.166. The largest absolute Gasteiger partial charge is 0.333 e. The molecule has 6 nitrogen and oxygen atoms in total. The second-order valence-corrected chi connectivity index (χ2v) is 2.28. The van der Waals surface area contributed by atoms with Crippen molar-refractivity contribution in [2.24, 2.45) is 5.84 Å². The van der Waals surface area contributed by atoms with Crippen LogP contribution in [0.3, 0.4) is 0 Å². The Bertz CT molecular complexity index is 331. The zero-order valence-electron chi connectivity index (χ0n) is 6.74. The van der Waals surface area contributed by atoms with Crippen molar-refractivity contribution in [2.75, 3.05) is 11.3 Å². The minimum atomic E-state index is -0.324. The van der Waals surface area contributed by atoms with E-state index in [-0.39, 0.29) is 11.5 Å². The first-order valence-corrected chi connectivity index (χ1v) is 3.53. The number of nitrogens with two attached hydrogens (primary N) is 2. The second kappa shape index (κ2) is 3.22. The van der Waals surface area contributed by atoms with E-state index in [1.165, 1.54) is 6.07 Å². The van der Waals surface area contributed by atoms with Crippen LogP contribution in [0, 0.1) is 0 Å². The van der Waals surface area contributed by atoms with Gasteiger partial charge >= 0.3 is 0 Å². The Morgan fingerprint density at radius 2 is 2.42 bits per heavy atom. The maximum absolute atomic E-state index is 11.1. The summed E-state index contributed by atoms with van der Waals surface area (Å²) in [7, 11) is 0. The van der Waals surface area contributed by atoms with Gasteiger partial charge in [-0.1, -0.05) is 6.92 Å². The smallest absolute Gasteiger partial charge is 0.273 e. The van der Waals surface area contributed by atoms with Crippen molar-refractivity contribution in [3.05, 3.63) is 22.1 Å². The van der Waals surface area contributed by atoms with Crippen LogP contribution >= 0.6 is 0 Å². The van der Waals surface area contributed by atoms with E-state index in [9.17, 15) is 4.79 Å². The van der Waals surface area contributed by atoms with Crippen LogP contribution in [0.1, 0.15) is 12.6 Å². The molecule has 0 aliphatic rings. The summed E-state index contributed by atoms with van der Waals surface area (Å²) in [5.74, 6) is 10.6. The SMILES string of the molecule is CCc1cc(=O)n(N)c(NN)n1. The van der Waals surface area contributed by atoms with E-state index in [0.717, 1.165) is 4.68 Å². The number of aryl methyl sites for hydroxylation is 1. The lowest BCUT2D eigenvalue weighted by molar-refractivity contribution is 0.857. The van der Waals surface area contributed by atoms with Crippen LogP contribution in [-0.2, 0) is 6.42 Å². The topological polar surface area (TPSA) is 99.0 Å². The molecule has 1 rings (SSSR count). The normalized spacial score (nSPS) is 9.83. The third kappa shape index (κ3) is 1.37. The van der Waals surface area contributed by atoms with Crippen LogP contribution in [0.4, 0.5) is 5.95 Å². The average Bonchev–Trinajstić information content (AvgIpc) is 2.09. The summed E-state index contributed by atoms with van der Waals surface area (Å²) in [6.07, 6.45) is 0.671. The molecule has 0 bridgehead atoms. The van der Waals surface area contributed by atoms with E-state index < -0.39 is 0 Å². The van der Waals surface area contributed by atoms with Crippen molar-refractivity contribution in [3.63, 3.8) is 0 Å². The summed E-state index contributed by atoms with van der Waals surface area (Å²) in [5.41, 5.74) is 2.58. The molecule has 0 atom stereocenters. The molecule has 1 aromatic heterocycles. The van der Waals surface area contributed by atoms with E-state index >= 15 is 0 Å². The summed E-state index contributed by atoms with van der Waals surface area (Å²) in [6.45, 7) is 1.89. The molecule has 0 aliphatic carbocycles. The molecule has 5 N–H and O–H groups in total. The van der Waals surface area contributed by atoms with Gasteiger partial charge in [-0.3, -0.25) is 10.2 Å². The first kappa shape index (κ1) is 8.54. The van der Waals surface area contributed by atoms with Crippen LogP contribution in [0.25, 0.3) is 0 Å². The number of nitrogens with zero attached hydrogens (tertiary/aromatic N) is 2. The molecule has 1 heterocycles. The molecule has 0 saturated carbocycles. The molecule has 0 amide bonds. The molecule has 66 valence electrons. The number of aromatic nitrogens is 2. The Balaban J connectivity index is 3.29. The maximum atomic E-state index is 11.1. The fourth-order valence-electron chi connectivity index (χ4n) is 0.822. The van der Waals surface area contributed by atoms with Gasteiger partial charge in [0.1, 0.15) is 0 Å². The first-order chi connectivity index (χ1) is 5.69. The van der Waals surface area contributed by atoms with Gasteiger partial charge in [-0.05, 0) is 6.42 Å². The van der Waals surface area contributed by atoms with Gasteiger partial charge in [0.15, 0.2) is 0 Å². The van der Waals surface area contributed by atoms with Gasteiger partial charge in [-0.2, -0.15) is 4.68 Å². The van der Waals surface area contributed by atoms with Gasteiger partial charge in [0.2, 0.25) is 5.95 Å². The number of hydrogen-bond acceptors (Lipinski definition) is 5. The molecule has 6 heteroatoms. The predicted molar refractivity (Wildman–Crippen MR) is 45.8 cm³/mol. The van der Waals surface area contributed by atoms with Gasteiger partial charge in [-0.25, -0.2) is 10.8 Å². The Hall–Kier alpha value is -1.56. The number of hydrazine groups is 1. The van der Waals surface area contributed by atoms with Crippen molar-refractivity contribution in [2.45, 2.75) is 13.3 Å². The average molecular weight is 169 g/mol. The second-order valence-electron chi connectivity index (χ2n) is 2.28. The molecule has 12 heavy (non-hydrogen) atoms. The maximum Gasteiger partial charge on any atom is 0.273 e. The van der Waals surface area contributed by atoms with Crippen LogP contribution in [0.5, 0.6) is 0 Å². The summed E-state index contributed by atoms with van der Waals surface area (Å²) in [4.78, 5) is 15.1. The van der Waals surface area contributed by atoms with Crippen LogP contribution in [-0.4, -0.2) is 9.66 Å². The number of hydrogen-bond donors (Lipinski definition) is 3. The van der Waals surface area contributed by atoms with Crippen molar-refractivity contribution >= 4 is 5.95 Å². The van der Waals surface area contributed by atoms with E-state index in [0.29, 0.717) is 12.1 Å². The zero-order valence-corrected chi connectivity index (χ0v) is 6.74. The Labute approximate surface area is 69.1 Å². The lowest BCUT2D eigenvalue weighted by Gasteiger charge is -2.05. The van der Waals surface area contributed by atoms with E-state index in [1.54, 1.807) is 0 Å². The number of anilines is 1. The van der Waals surface area contributed by atoms with Crippen LogP contribution in [0.15, 0.2) is 10.9 Å². The Morgan fingerprint density at radius 1 is 1.75 bits per heavy atom. The molecule has 0 fully saturated rings. The van der Waals surface area contributed by atoms with Gasteiger partial charge < -0.3 is 5.84 Å². The molecular formula is C6H11N5O. The highest BCUT2D eigenvalue weighted by Crippen LogP contribution is 1.97. The Morgan fingerprint density at radius 3 is 2.92 bits per heavy atom. The number of rotatable bonds is 2. The lowest BCUT2D eigenvalue weighted by Crippen LogP contribution is -2.32. The lowest BCUT2D eigenvalue weighted by atomic mass is 10.3. The highest BCUT2D eigenvalue weighted by Gasteiger charge is 2.02. The van der Waals surface area contributed by atoms with E-state index in [1.807, 2.05) is 6.92 Å². The van der Waals surface area contributed by atoms with Gasteiger partial charge in [0, 0.05) is 11.8 Å². The standard InChI is InChI=1S/C6H11N5O/c1-2-4-3-5(12)11(8)6(9-4)10-7/h3H,2,7-8H2,1H3,(H,9,10). The fraction of sp³-hybridized carbons (Fsp3) is 0.333. The minimum Gasteiger partial charge on any atom is -0.333 e. The molecule has 0 radical (unpaired) electrons. The summed E-state index contributed by atoms with van der Waals surface area (Å²) in [5, 5.41) is 0.